The van der Waals surface area contributed by atoms with Crippen LogP contribution in [-0.4, -0.2) is 44.2 Å². The quantitative estimate of drug-likeness (QED) is 0.729. The highest BCUT2D eigenvalue weighted by molar-refractivity contribution is 7.89. The van der Waals surface area contributed by atoms with Crippen LogP contribution in [-0.2, 0) is 26.2 Å². The van der Waals surface area contributed by atoms with E-state index in [0.29, 0.717) is 19.6 Å². The van der Waals surface area contributed by atoms with Gasteiger partial charge in [-0.3, -0.25) is 9.59 Å². The molecule has 1 aliphatic rings. The second-order valence-electron chi connectivity index (χ2n) is 6.54. The standard InChI is InChI=1S/C17H25N3O4S/c1-13(2)11-18-16(21)17(22)19-12-14-5-7-15(8-6-14)25(23,24)20-9-3-4-10-20/h5-8,13H,3-4,9-12H2,1-2H3,(H,18,21)(H,19,22). The number of carbonyl (C=O) groups excluding carboxylic acids is 2. The predicted octanol–water partition coefficient (Wildman–Crippen LogP) is 0.860. The average molecular weight is 367 g/mol. The summed E-state index contributed by atoms with van der Waals surface area (Å²) >= 11 is 0. The van der Waals surface area contributed by atoms with E-state index in [1.54, 1.807) is 12.1 Å². The fourth-order valence-electron chi connectivity index (χ4n) is 2.50. The lowest BCUT2D eigenvalue weighted by Crippen LogP contribution is -2.40. The fraction of sp³-hybridized carbons (Fsp3) is 0.529. The SMILES string of the molecule is CC(C)CNC(=O)C(=O)NCc1ccc(S(=O)(=O)N2CCCC2)cc1. The van der Waals surface area contributed by atoms with Crippen molar-refractivity contribution in [1.29, 1.82) is 0 Å². The van der Waals surface area contributed by atoms with Crippen LogP contribution in [0.2, 0.25) is 0 Å². The molecule has 0 bridgehead atoms. The molecule has 25 heavy (non-hydrogen) atoms. The van der Waals surface area contributed by atoms with Crippen molar-refractivity contribution in [2.45, 2.75) is 38.1 Å². The summed E-state index contributed by atoms with van der Waals surface area (Å²) in [7, 11) is -3.43. The van der Waals surface area contributed by atoms with Crippen molar-refractivity contribution < 1.29 is 18.0 Å². The van der Waals surface area contributed by atoms with Gasteiger partial charge in [0.25, 0.3) is 0 Å². The average Bonchev–Trinajstić information content (AvgIpc) is 3.13. The van der Waals surface area contributed by atoms with Crippen molar-refractivity contribution in [3.8, 4) is 0 Å². The molecule has 7 nitrogen and oxygen atoms in total. The fourth-order valence-corrected chi connectivity index (χ4v) is 4.01. The van der Waals surface area contributed by atoms with E-state index in [2.05, 4.69) is 10.6 Å². The summed E-state index contributed by atoms with van der Waals surface area (Å²) in [6, 6.07) is 6.37. The Morgan fingerprint density at radius 3 is 2.16 bits per heavy atom. The lowest BCUT2D eigenvalue weighted by Gasteiger charge is -2.15. The molecule has 8 heteroatoms. The molecule has 1 saturated heterocycles. The number of benzene rings is 1. The molecule has 0 atom stereocenters. The van der Waals surface area contributed by atoms with Gasteiger partial charge in [-0.2, -0.15) is 4.31 Å². The van der Waals surface area contributed by atoms with Crippen molar-refractivity contribution in [3.63, 3.8) is 0 Å². The van der Waals surface area contributed by atoms with Crippen molar-refractivity contribution in [1.82, 2.24) is 14.9 Å². The summed E-state index contributed by atoms with van der Waals surface area (Å²) < 4.78 is 26.4. The summed E-state index contributed by atoms with van der Waals surface area (Å²) in [6.07, 6.45) is 1.78. The Morgan fingerprint density at radius 2 is 1.60 bits per heavy atom. The highest BCUT2D eigenvalue weighted by Gasteiger charge is 2.26. The van der Waals surface area contributed by atoms with Crippen LogP contribution in [0.15, 0.2) is 29.2 Å². The zero-order chi connectivity index (χ0) is 18.4. The first kappa shape index (κ1) is 19.4. The van der Waals surface area contributed by atoms with Crippen molar-refractivity contribution in [3.05, 3.63) is 29.8 Å². The lowest BCUT2D eigenvalue weighted by molar-refractivity contribution is -0.139. The number of hydrogen-bond acceptors (Lipinski definition) is 4. The highest BCUT2D eigenvalue weighted by Crippen LogP contribution is 2.20. The molecule has 1 aliphatic heterocycles. The van der Waals surface area contributed by atoms with E-state index >= 15 is 0 Å². The summed E-state index contributed by atoms with van der Waals surface area (Å²) in [4.78, 5) is 23.5. The second-order valence-corrected chi connectivity index (χ2v) is 8.48. The largest absolute Gasteiger partial charge is 0.348 e. The van der Waals surface area contributed by atoms with Crippen LogP contribution in [0.4, 0.5) is 0 Å². The predicted molar refractivity (Wildman–Crippen MR) is 94.1 cm³/mol. The first-order valence-electron chi connectivity index (χ1n) is 8.46. The third-order valence-corrected chi connectivity index (χ3v) is 5.87. The molecule has 0 radical (unpaired) electrons. The number of hydrogen-bond donors (Lipinski definition) is 2. The van der Waals surface area contributed by atoms with Gasteiger partial charge in [0.05, 0.1) is 4.90 Å². The van der Waals surface area contributed by atoms with Crippen LogP contribution in [0.3, 0.4) is 0 Å². The van der Waals surface area contributed by atoms with E-state index in [1.165, 1.54) is 16.4 Å². The molecule has 2 N–H and O–H groups in total. The van der Waals surface area contributed by atoms with Gasteiger partial charge in [-0.1, -0.05) is 26.0 Å². The van der Waals surface area contributed by atoms with Gasteiger partial charge in [-0.25, -0.2) is 8.42 Å². The van der Waals surface area contributed by atoms with E-state index < -0.39 is 21.8 Å². The van der Waals surface area contributed by atoms with Gasteiger partial charge in [0, 0.05) is 26.2 Å². The normalized spacial score (nSPS) is 15.3. The molecular weight excluding hydrogens is 342 g/mol. The Bertz CT molecular complexity index is 708. The smallest absolute Gasteiger partial charge is 0.309 e. The molecule has 1 fully saturated rings. The van der Waals surface area contributed by atoms with Gasteiger partial charge >= 0.3 is 11.8 Å². The number of rotatable bonds is 6. The lowest BCUT2D eigenvalue weighted by atomic mass is 10.2. The minimum Gasteiger partial charge on any atom is -0.348 e. The van der Waals surface area contributed by atoms with Gasteiger partial charge in [0.1, 0.15) is 0 Å². The molecular formula is C17H25N3O4S. The van der Waals surface area contributed by atoms with Crippen molar-refractivity contribution >= 4 is 21.8 Å². The number of sulfonamides is 1. The van der Waals surface area contributed by atoms with Crippen LogP contribution in [0.1, 0.15) is 32.3 Å². The molecule has 2 amide bonds. The molecule has 1 aromatic rings. The molecule has 2 rings (SSSR count). The van der Waals surface area contributed by atoms with Crippen LogP contribution in [0, 0.1) is 5.92 Å². The van der Waals surface area contributed by atoms with Gasteiger partial charge < -0.3 is 10.6 Å². The Hall–Kier alpha value is -1.93. The van der Waals surface area contributed by atoms with Crippen molar-refractivity contribution in [2.24, 2.45) is 5.92 Å². The number of amides is 2. The van der Waals surface area contributed by atoms with Crippen LogP contribution < -0.4 is 10.6 Å². The van der Waals surface area contributed by atoms with Gasteiger partial charge in [-0.15, -0.1) is 0 Å². The van der Waals surface area contributed by atoms with Crippen LogP contribution >= 0.6 is 0 Å². The Labute approximate surface area is 148 Å². The van der Waals surface area contributed by atoms with E-state index in [4.69, 9.17) is 0 Å². The minimum atomic E-state index is -3.43. The van der Waals surface area contributed by atoms with Crippen LogP contribution in [0.25, 0.3) is 0 Å². The van der Waals surface area contributed by atoms with E-state index in [0.717, 1.165) is 18.4 Å². The minimum absolute atomic E-state index is 0.165. The number of nitrogens with zero attached hydrogens (tertiary/aromatic N) is 1. The topological polar surface area (TPSA) is 95.6 Å². The van der Waals surface area contributed by atoms with Gasteiger partial charge in [0.15, 0.2) is 0 Å². The van der Waals surface area contributed by atoms with E-state index in [-0.39, 0.29) is 17.4 Å². The summed E-state index contributed by atoms with van der Waals surface area (Å²) in [6.45, 7) is 5.61. The maximum absolute atomic E-state index is 12.4. The molecule has 0 spiro atoms. The Kier molecular flexibility index (Phi) is 6.55. The zero-order valence-corrected chi connectivity index (χ0v) is 15.4. The molecule has 0 saturated carbocycles. The molecule has 138 valence electrons. The van der Waals surface area contributed by atoms with E-state index in [9.17, 15) is 18.0 Å². The molecule has 0 aliphatic carbocycles. The second kappa shape index (κ2) is 8.44. The molecule has 0 aromatic heterocycles. The van der Waals surface area contributed by atoms with Crippen molar-refractivity contribution in [2.75, 3.05) is 19.6 Å². The summed E-state index contributed by atoms with van der Waals surface area (Å²) in [5, 5.41) is 5.07. The number of nitrogens with one attached hydrogen (secondary N) is 2. The highest BCUT2D eigenvalue weighted by atomic mass is 32.2. The van der Waals surface area contributed by atoms with E-state index in [1.807, 2.05) is 13.8 Å². The third kappa shape index (κ3) is 5.27. The zero-order valence-electron chi connectivity index (χ0n) is 14.6. The molecule has 1 aromatic carbocycles. The molecule has 1 heterocycles. The first-order valence-corrected chi connectivity index (χ1v) is 9.90. The first-order chi connectivity index (χ1) is 11.8. The maximum atomic E-state index is 12.4. The monoisotopic (exact) mass is 367 g/mol. The maximum Gasteiger partial charge on any atom is 0.309 e. The van der Waals surface area contributed by atoms with Gasteiger partial charge in [-0.05, 0) is 36.5 Å². The number of carbonyl (C=O) groups is 2. The van der Waals surface area contributed by atoms with Gasteiger partial charge in [0.2, 0.25) is 10.0 Å². The summed E-state index contributed by atoms with van der Waals surface area (Å²) in [5.74, 6) is -1.10. The Morgan fingerprint density at radius 1 is 1.04 bits per heavy atom. The molecule has 0 unspecified atom stereocenters. The third-order valence-electron chi connectivity index (χ3n) is 3.96. The Balaban J connectivity index is 1.90. The summed E-state index contributed by atoms with van der Waals surface area (Å²) in [5.41, 5.74) is 0.727. The van der Waals surface area contributed by atoms with Crippen LogP contribution in [0.5, 0.6) is 0 Å².